The minimum absolute atomic E-state index is 0.325. The second-order valence-corrected chi connectivity index (χ2v) is 5.25. The van der Waals surface area contributed by atoms with Crippen molar-refractivity contribution in [2.24, 2.45) is 0 Å². The molecule has 0 bridgehead atoms. The Morgan fingerprint density at radius 3 is 3.00 bits per heavy atom. The first-order valence-corrected chi connectivity index (χ1v) is 6.80. The summed E-state index contributed by atoms with van der Waals surface area (Å²) in [6.45, 7) is 1.73. The summed E-state index contributed by atoms with van der Waals surface area (Å²) in [5, 5.41) is 0. The van der Waals surface area contributed by atoms with E-state index in [-0.39, 0.29) is 5.82 Å². The highest BCUT2D eigenvalue weighted by Gasteiger charge is 2.19. The molecule has 0 saturated carbocycles. The molecular weight excluding hydrogens is 311 g/mol. The van der Waals surface area contributed by atoms with Gasteiger partial charge in [-0.3, -0.25) is 0 Å². The van der Waals surface area contributed by atoms with E-state index in [0.717, 1.165) is 11.3 Å². The third kappa shape index (κ3) is 2.56. The van der Waals surface area contributed by atoms with Crippen molar-refractivity contribution < 1.29 is 9.13 Å². The maximum absolute atomic E-state index is 14.0. The number of hydrogen-bond donors (Lipinski definition) is 0. The number of rotatable bonds is 1. The summed E-state index contributed by atoms with van der Waals surface area (Å²) in [6.07, 6.45) is 1.61. The Bertz CT molecular complexity index is 606. The molecule has 5 heteroatoms. The number of anilines is 1. The number of fused-ring (bicyclic) bond motifs is 1. The van der Waals surface area contributed by atoms with Crippen molar-refractivity contribution in [1.29, 1.82) is 0 Å². The lowest BCUT2D eigenvalue weighted by molar-refractivity contribution is 0.331. The summed E-state index contributed by atoms with van der Waals surface area (Å²) >= 11 is 3.22. The Labute approximate surface area is 119 Å². The topological polar surface area (TPSA) is 25.4 Å². The highest BCUT2D eigenvalue weighted by atomic mass is 79.9. The molecule has 0 N–H and O–H groups in total. The van der Waals surface area contributed by atoms with Crippen molar-refractivity contribution in [1.82, 2.24) is 4.98 Å². The smallest absolute Gasteiger partial charge is 0.166 e. The standard InChI is InChI=1S/C14H12BrFN2O/c15-11-7-12(16)14(17-8-11)18-5-6-19-13-4-2-1-3-10(13)9-18/h1-4,7-8H,5-6,9H2. The monoisotopic (exact) mass is 322 g/mol. The lowest BCUT2D eigenvalue weighted by Gasteiger charge is -2.21. The van der Waals surface area contributed by atoms with Crippen LogP contribution in [0.3, 0.4) is 0 Å². The van der Waals surface area contributed by atoms with Gasteiger partial charge in [0.2, 0.25) is 0 Å². The predicted octanol–water partition coefficient (Wildman–Crippen LogP) is 3.38. The van der Waals surface area contributed by atoms with Gasteiger partial charge in [0, 0.05) is 22.8 Å². The van der Waals surface area contributed by atoms with Crippen LogP contribution in [0.4, 0.5) is 10.2 Å². The molecule has 1 aromatic carbocycles. The Morgan fingerprint density at radius 2 is 2.16 bits per heavy atom. The maximum atomic E-state index is 14.0. The summed E-state index contributed by atoms with van der Waals surface area (Å²) in [7, 11) is 0. The first-order chi connectivity index (χ1) is 9.24. The molecule has 1 aliphatic rings. The van der Waals surface area contributed by atoms with E-state index in [2.05, 4.69) is 20.9 Å². The van der Waals surface area contributed by atoms with Crippen molar-refractivity contribution in [3.05, 3.63) is 52.4 Å². The number of halogens is 2. The van der Waals surface area contributed by atoms with Gasteiger partial charge in [-0.2, -0.15) is 0 Å². The minimum Gasteiger partial charge on any atom is -0.491 e. The highest BCUT2D eigenvalue weighted by Crippen LogP contribution is 2.27. The van der Waals surface area contributed by atoms with Crippen LogP contribution in [0.25, 0.3) is 0 Å². The Hall–Kier alpha value is -1.62. The first kappa shape index (κ1) is 12.4. The fraction of sp³-hybridized carbons (Fsp3) is 0.214. The van der Waals surface area contributed by atoms with E-state index in [9.17, 15) is 4.39 Å². The number of para-hydroxylation sites is 1. The fourth-order valence-corrected chi connectivity index (χ4v) is 2.45. The van der Waals surface area contributed by atoms with Crippen molar-refractivity contribution in [2.45, 2.75) is 6.54 Å². The van der Waals surface area contributed by atoms with Crippen LogP contribution in [0.15, 0.2) is 41.0 Å². The number of ether oxygens (including phenoxy) is 1. The van der Waals surface area contributed by atoms with Crippen LogP contribution in [-0.2, 0) is 6.54 Å². The summed E-state index contributed by atoms with van der Waals surface area (Å²) in [5.74, 6) is 0.903. The number of nitrogens with zero attached hydrogens (tertiary/aromatic N) is 2. The van der Waals surface area contributed by atoms with E-state index in [1.54, 1.807) is 6.20 Å². The van der Waals surface area contributed by atoms with E-state index in [1.807, 2.05) is 29.2 Å². The van der Waals surface area contributed by atoms with E-state index >= 15 is 0 Å². The van der Waals surface area contributed by atoms with Gasteiger partial charge in [0.1, 0.15) is 12.4 Å². The van der Waals surface area contributed by atoms with Gasteiger partial charge in [0.15, 0.2) is 11.6 Å². The molecule has 0 saturated heterocycles. The Kier molecular flexibility index (Phi) is 3.38. The van der Waals surface area contributed by atoms with Crippen molar-refractivity contribution in [3.8, 4) is 5.75 Å². The van der Waals surface area contributed by atoms with E-state index in [4.69, 9.17) is 4.74 Å². The van der Waals surface area contributed by atoms with Gasteiger partial charge < -0.3 is 9.64 Å². The van der Waals surface area contributed by atoms with Gasteiger partial charge in [0.25, 0.3) is 0 Å². The molecule has 1 aliphatic heterocycles. The largest absolute Gasteiger partial charge is 0.491 e. The molecule has 0 radical (unpaired) electrons. The quantitative estimate of drug-likeness (QED) is 0.804. The van der Waals surface area contributed by atoms with Gasteiger partial charge >= 0.3 is 0 Å². The Balaban J connectivity index is 1.94. The third-order valence-corrected chi connectivity index (χ3v) is 3.47. The molecule has 2 heterocycles. The molecule has 19 heavy (non-hydrogen) atoms. The van der Waals surface area contributed by atoms with Crippen LogP contribution in [0.1, 0.15) is 5.56 Å². The molecule has 3 rings (SSSR count). The zero-order chi connectivity index (χ0) is 13.2. The fourth-order valence-electron chi connectivity index (χ4n) is 2.15. The highest BCUT2D eigenvalue weighted by molar-refractivity contribution is 9.10. The predicted molar refractivity (Wildman–Crippen MR) is 74.9 cm³/mol. The molecular formula is C14H12BrFN2O. The van der Waals surface area contributed by atoms with Gasteiger partial charge in [-0.15, -0.1) is 0 Å². The first-order valence-electron chi connectivity index (χ1n) is 6.01. The summed E-state index contributed by atoms with van der Waals surface area (Å²) in [4.78, 5) is 6.06. The van der Waals surface area contributed by atoms with Crippen LogP contribution in [0, 0.1) is 5.82 Å². The maximum Gasteiger partial charge on any atom is 0.166 e. The zero-order valence-electron chi connectivity index (χ0n) is 10.1. The van der Waals surface area contributed by atoms with Crippen LogP contribution >= 0.6 is 15.9 Å². The number of aromatic nitrogens is 1. The van der Waals surface area contributed by atoms with E-state index in [1.165, 1.54) is 6.07 Å². The van der Waals surface area contributed by atoms with Gasteiger partial charge in [0.05, 0.1) is 6.54 Å². The lowest BCUT2D eigenvalue weighted by atomic mass is 10.2. The second-order valence-electron chi connectivity index (χ2n) is 4.34. The van der Waals surface area contributed by atoms with E-state index in [0.29, 0.717) is 30.0 Å². The molecule has 0 amide bonds. The van der Waals surface area contributed by atoms with Gasteiger partial charge in [-0.1, -0.05) is 18.2 Å². The van der Waals surface area contributed by atoms with Crippen molar-refractivity contribution >= 4 is 21.7 Å². The molecule has 0 fully saturated rings. The molecule has 0 atom stereocenters. The number of hydrogen-bond acceptors (Lipinski definition) is 3. The van der Waals surface area contributed by atoms with Crippen molar-refractivity contribution in [3.63, 3.8) is 0 Å². The summed E-state index contributed by atoms with van der Waals surface area (Å²) in [5.41, 5.74) is 1.05. The van der Waals surface area contributed by atoms with Crippen LogP contribution in [-0.4, -0.2) is 18.1 Å². The van der Waals surface area contributed by atoms with Crippen LogP contribution in [0.5, 0.6) is 5.75 Å². The van der Waals surface area contributed by atoms with Crippen LogP contribution < -0.4 is 9.64 Å². The summed E-state index contributed by atoms with van der Waals surface area (Å²) < 4.78 is 20.3. The van der Waals surface area contributed by atoms with Crippen LogP contribution in [0.2, 0.25) is 0 Å². The molecule has 98 valence electrons. The zero-order valence-corrected chi connectivity index (χ0v) is 11.7. The average molecular weight is 323 g/mol. The van der Waals surface area contributed by atoms with E-state index < -0.39 is 0 Å². The SMILES string of the molecule is Fc1cc(Br)cnc1N1CCOc2ccccc2C1. The molecule has 0 spiro atoms. The number of benzene rings is 1. The number of pyridine rings is 1. The van der Waals surface area contributed by atoms with Crippen molar-refractivity contribution in [2.75, 3.05) is 18.1 Å². The molecule has 0 unspecified atom stereocenters. The molecule has 1 aromatic heterocycles. The molecule has 3 nitrogen and oxygen atoms in total. The lowest BCUT2D eigenvalue weighted by Crippen LogP contribution is -2.27. The van der Waals surface area contributed by atoms with Gasteiger partial charge in [-0.25, -0.2) is 9.37 Å². The third-order valence-electron chi connectivity index (χ3n) is 3.04. The summed E-state index contributed by atoms with van der Waals surface area (Å²) in [6, 6.07) is 9.25. The normalized spacial score (nSPS) is 14.5. The molecule has 0 aliphatic carbocycles. The minimum atomic E-state index is -0.325. The van der Waals surface area contributed by atoms with Gasteiger partial charge in [-0.05, 0) is 28.1 Å². The average Bonchev–Trinajstić information content (AvgIpc) is 2.60. The second kappa shape index (κ2) is 5.17. The Morgan fingerprint density at radius 1 is 1.32 bits per heavy atom. The molecule has 2 aromatic rings.